The number of rotatable bonds is 3. The van der Waals surface area contributed by atoms with Crippen LogP contribution in [0.4, 0.5) is 0 Å². The van der Waals surface area contributed by atoms with Gasteiger partial charge in [0.05, 0.1) is 11.9 Å². The molecule has 0 radical (unpaired) electrons. The van der Waals surface area contributed by atoms with Crippen LogP contribution in [0.2, 0.25) is 0 Å². The topological polar surface area (TPSA) is 34.4 Å². The van der Waals surface area contributed by atoms with Gasteiger partial charge in [-0.05, 0) is 31.9 Å². The summed E-state index contributed by atoms with van der Waals surface area (Å²) in [6.07, 6.45) is 3.80. The second-order valence-corrected chi connectivity index (χ2v) is 4.61. The molecule has 1 fully saturated rings. The molecule has 0 saturated carbocycles. The Kier molecular flexibility index (Phi) is 3.36. The Bertz CT molecular complexity index is 317. The summed E-state index contributed by atoms with van der Waals surface area (Å²) in [6, 6.07) is 4.21. The van der Waals surface area contributed by atoms with E-state index in [4.69, 9.17) is 9.15 Å². The molecule has 0 amide bonds. The van der Waals surface area contributed by atoms with Crippen LogP contribution in [-0.4, -0.2) is 18.2 Å². The molecule has 1 saturated heterocycles. The van der Waals surface area contributed by atoms with Gasteiger partial charge >= 0.3 is 0 Å². The summed E-state index contributed by atoms with van der Waals surface area (Å²) >= 11 is 0. The summed E-state index contributed by atoms with van der Waals surface area (Å²) in [6.45, 7) is 7.43. The first kappa shape index (κ1) is 11.7. The predicted octanol–water partition coefficient (Wildman–Crippen LogP) is 2.89. The van der Waals surface area contributed by atoms with E-state index in [-0.39, 0.29) is 11.7 Å². The molecule has 1 aromatic rings. The van der Waals surface area contributed by atoms with Crippen LogP contribution in [0.1, 0.15) is 45.5 Å². The van der Waals surface area contributed by atoms with Gasteiger partial charge in [-0.2, -0.15) is 0 Å². The average molecular weight is 223 g/mol. The van der Waals surface area contributed by atoms with Gasteiger partial charge in [0.1, 0.15) is 11.9 Å². The quantitative estimate of drug-likeness (QED) is 0.855. The van der Waals surface area contributed by atoms with Crippen LogP contribution >= 0.6 is 0 Å². The molecule has 1 N–H and O–H groups in total. The fourth-order valence-electron chi connectivity index (χ4n) is 2.29. The van der Waals surface area contributed by atoms with E-state index in [1.807, 2.05) is 12.1 Å². The molecule has 3 heteroatoms. The van der Waals surface area contributed by atoms with E-state index in [2.05, 4.69) is 26.1 Å². The Hall–Kier alpha value is -0.800. The van der Waals surface area contributed by atoms with Crippen LogP contribution in [0.5, 0.6) is 0 Å². The number of hydrogen-bond donors (Lipinski definition) is 1. The van der Waals surface area contributed by atoms with Crippen molar-refractivity contribution in [3.63, 3.8) is 0 Å². The van der Waals surface area contributed by atoms with Crippen molar-refractivity contribution in [1.29, 1.82) is 0 Å². The Morgan fingerprint density at radius 2 is 2.19 bits per heavy atom. The molecule has 3 nitrogen and oxygen atoms in total. The smallest absolute Gasteiger partial charge is 0.134 e. The summed E-state index contributed by atoms with van der Waals surface area (Å²) < 4.78 is 11.7. The summed E-state index contributed by atoms with van der Waals surface area (Å²) in [5.41, 5.74) is -0.0377. The van der Waals surface area contributed by atoms with Gasteiger partial charge in [-0.3, -0.25) is 0 Å². The molecule has 0 aromatic carbocycles. The van der Waals surface area contributed by atoms with Gasteiger partial charge in [-0.25, -0.2) is 0 Å². The molecule has 2 atom stereocenters. The molecule has 0 spiro atoms. The predicted molar refractivity (Wildman–Crippen MR) is 63.3 cm³/mol. The molecule has 1 aromatic heterocycles. The molecule has 16 heavy (non-hydrogen) atoms. The first-order valence-corrected chi connectivity index (χ1v) is 6.15. The number of morpholine rings is 1. The van der Waals surface area contributed by atoms with Crippen molar-refractivity contribution in [2.24, 2.45) is 0 Å². The lowest BCUT2D eigenvalue weighted by molar-refractivity contribution is -0.145. The van der Waals surface area contributed by atoms with Crippen molar-refractivity contribution in [2.75, 3.05) is 6.54 Å². The standard InChI is InChI=1S/C13H21NO2/c1-4-13(5-2)9-14-10(3)12(16-13)11-7-6-8-15-11/h6-8,10,12,14H,4-5,9H2,1-3H3. The molecule has 1 aliphatic heterocycles. The maximum absolute atomic E-state index is 6.27. The van der Waals surface area contributed by atoms with E-state index in [1.165, 1.54) is 0 Å². The Balaban J connectivity index is 2.18. The highest BCUT2D eigenvalue weighted by Crippen LogP contribution is 2.34. The van der Waals surface area contributed by atoms with Crippen LogP contribution in [0, 0.1) is 0 Å². The van der Waals surface area contributed by atoms with Crippen molar-refractivity contribution in [2.45, 2.75) is 51.4 Å². The third-order valence-corrected chi connectivity index (χ3v) is 3.69. The van der Waals surface area contributed by atoms with Crippen LogP contribution in [0.3, 0.4) is 0 Å². The average Bonchev–Trinajstić information content (AvgIpc) is 2.84. The fraction of sp³-hybridized carbons (Fsp3) is 0.692. The van der Waals surface area contributed by atoms with Crippen LogP contribution in [0.25, 0.3) is 0 Å². The SMILES string of the molecule is CCC1(CC)CNC(C)C(c2ccco2)O1. The van der Waals surface area contributed by atoms with Gasteiger partial charge in [-0.1, -0.05) is 13.8 Å². The zero-order chi connectivity index (χ0) is 11.6. The van der Waals surface area contributed by atoms with Crippen molar-refractivity contribution in [3.8, 4) is 0 Å². The second kappa shape index (κ2) is 4.60. The number of ether oxygens (including phenoxy) is 1. The lowest BCUT2D eigenvalue weighted by Gasteiger charge is -2.43. The Morgan fingerprint density at radius 3 is 2.75 bits per heavy atom. The number of nitrogens with one attached hydrogen (secondary N) is 1. The maximum atomic E-state index is 6.27. The first-order valence-electron chi connectivity index (χ1n) is 6.15. The Morgan fingerprint density at radius 1 is 1.44 bits per heavy atom. The number of furan rings is 1. The monoisotopic (exact) mass is 223 g/mol. The van der Waals surface area contributed by atoms with Gasteiger partial charge in [0.25, 0.3) is 0 Å². The molecular formula is C13H21NO2. The first-order chi connectivity index (χ1) is 7.71. The second-order valence-electron chi connectivity index (χ2n) is 4.61. The van der Waals surface area contributed by atoms with Gasteiger partial charge in [-0.15, -0.1) is 0 Å². The van der Waals surface area contributed by atoms with Crippen molar-refractivity contribution >= 4 is 0 Å². The van der Waals surface area contributed by atoms with E-state index >= 15 is 0 Å². The molecule has 2 unspecified atom stereocenters. The molecule has 2 heterocycles. The lowest BCUT2D eigenvalue weighted by atomic mass is 9.92. The van der Waals surface area contributed by atoms with E-state index in [0.29, 0.717) is 6.04 Å². The zero-order valence-electron chi connectivity index (χ0n) is 10.3. The molecule has 1 aliphatic rings. The Labute approximate surface area is 97.2 Å². The van der Waals surface area contributed by atoms with Crippen LogP contribution in [0.15, 0.2) is 22.8 Å². The highest BCUT2D eigenvalue weighted by atomic mass is 16.5. The van der Waals surface area contributed by atoms with Crippen LogP contribution in [-0.2, 0) is 4.74 Å². The summed E-state index contributed by atoms with van der Waals surface area (Å²) in [7, 11) is 0. The summed E-state index contributed by atoms with van der Waals surface area (Å²) in [5.74, 6) is 0.922. The van der Waals surface area contributed by atoms with Crippen LogP contribution < -0.4 is 5.32 Å². The normalized spacial score (nSPS) is 29.2. The molecular weight excluding hydrogens is 202 g/mol. The lowest BCUT2D eigenvalue weighted by Crippen LogP contribution is -2.54. The molecule has 90 valence electrons. The fourth-order valence-corrected chi connectivity index (χ4v) is 2.29. The third-order valence-electron chi connectivity index (χ3n) is 3.69. The molecule has 2 rings (SSSR count). The zero-order valence-corrected chi connectivity index (χ0v) is 10.3. The van der Waals surface area contributed by atoms with Crippen molar-refractivity contribution in [1.82, 2.24) is 5.32 Å². The van der Waals surface area contributed by atoms with Gasteiger partial charge in [0.2, 0.25) is 0 Å². The highest BCUT2D eigenvalue weighted by molar-refractivity contribution is 5.07. The largest absolute Gasteiger partial charge is 0.467 e. The maximum Gasteiger partial charge on any atom is 0.134 e. The molecule has 0 aliphatic carbocycles. The van der Waals surface area contributed by atoms with E-state index in [1.54, 1.807) is 6.26 Å². The van der Waals surface area contributed by atoms with E-state index in [0.717, 1.165) is 25.1 Å². The number of hydrogen-bond acceptors (Lipinski definition) is 3. The molecule has 0 bridgehead atoms. The minimum absolute atomic E-state index is 0.0312. The van der Waals surface area contributed by atoms with Crippen molar-refractivity contribution in [3.05, 3.63) is 24.2 Å². The van der Waals surface area contributed by atoms with Gasteiger partial charge in [0, 0.05) is 12.6 Å². The van der Waals surface area contributed by atoms with Gasteiger partial charge in [0.15, 0.2) is 0 Å². The van der Waals surface area contributed by atoms with E-state index < -0.39 is 0 Å². The van der Waals surface area contributed by atoms with Crippen molar-refractivity contribution < 1.29 is 9.15 Å². The van der Waals surface area contributed by atoms with E-state index in [9.17, 15) is 0 Å². The summed E-state index contributed by atoms with van der Waals surface area (Å²) in [5, 5.41) is 3.53. The minimum atomic E-state index is -0.0377. The third kappa shape index (κ3) is 2.02. The highest BCUT2D eigenvalue weighted by Gasteiger charge is 2.39. The minimum Gasteiger partial charge on any atom is -0.467 e. The summed E-state index contributed by atoms with van der Waals surface area (Å²) in [4.78, 5) is 0. The van der Waals surface area contributed by atoms with Gasteiger partial charge < -0.3 is 14.5 Å².